The molecule has 0 saturated carbocycles. The summed E-state index contributed by atoms with van der Waals surface area (Å²) in [5, 5.41) is 8.92. The van der Waals surface area contributed by atoms with Gasteiger partial charge in [-0.15, -0.1) is 11.8 Å². The first-order valence-electron chi connectivity index (χ1n) is 4.62. The Bertz CT molecular complexity index is 374. The zero-order valence-corrected chi connectivity index (χ0v) is 8.80. The van der Waals surface area contributed by atoms with E-state index in [4.69, 9.17) is 5.11 Å². The van der Waals surface area contributed by atoms with Crippen LogP contribution in [0.3, 0.4) is 0 Å². The van der Waals surface area contributed by atoms with Gasteiger partial charge in [0, 0.05) is 10.6 Å². The number of carboxylic acids is 1. The van der Waals surface area contributed by atoms with E-state index in [0.29, 0.717) is 12.2 Å². The zero-order chi connectivity index (χ0) is 10.1. The summed E-state index contributed by atoms with van der Waals surface area (Å²) in [6.07, 6.45) is 0.680. The first kappa shape index (κ1) is 9.59. The molecule has 1 N–H and O–H groups in total. The first-order valence-corrected chi connectivity index (χ1v) is 5.61. The van der Waals surface area contributed by atoms with Gasteiger partial charge < -0.3 is 5.11 Å². The lowest BCUT2D eigenvalue weighted by molar-refractivity contribution is -0.140. The van der Waals surface area contributed by atoms with Crippen molar-refractivity contribution in [3.05, 3.63) is 29.3 Å². The molecular formula is C11H12O2S. The lowest BCUT2D eigenvalue weighted by Gasteiger charge is -2.22. The molecule has 1 aromatic rings. The minimum Gasteiger partial charge on any atom is -0.481 e. The normalized spacial score (nSPS) is 20.2. The highest BCUT2D eigenvalue weighted by Crippen LogP contribution is 2.35. The van der Waals surface area contributed by atoms with Crippen LogP contribution in [0.25, 0.3) is 0 Å². The van der Waals surface area contributed by atoms with Crippen LogP contribution in [0.4, 0.5) is 0 Å². The number of benzene rings is 1. The van der Waals surface area contributed by atoms with Gasteiger partial charge in [0.25, 0.3) is 0 Å². The summed E-state index contributed by atoms with van der Waals surface area (Å²) in [4.78, 5) is 12.1. The maximum Gasteiger partial charge on any atom is 0.307 e. The number of aryl methyl sites for hydroxylation is 1. The fourth-order valence-electron chi connectivity index (χ4n) is 1.75. The van der Waals surface area contributed by atoms with Crippen LogP contribution in [0.15, 0.2) is 23.1 Å². The Morgan fingerprint density at radius 3 is 3.07 bits per heavy atom. The van der Waals surface area contributed by atoms with Crippen LogP contribution in [-0.2, 0) is 11.2 Å². The van der Waals surface area contributed by atoms with Crippen molar-refractivity contribution in [3.8, 4) is 0 Å². The molecule has 3 heteroatoms. The summed E-state index contributed by atoms with van der Waals surface area (Å²) in [7, 11) is 0. The van der Waals surface area contributed by atoms with Gasteiger partial charge in [-0.1, -0.05) is 18.2 Å². The molecule has 0 fully saturated rings. The molecule has 1 unspecified atom stereocenters. The highest BCUT2D eigenvalue weighted by atomic mass is 32.2. The van der Waals surface area contributed by atoms with E-state index in [1.54, 1.807) is 11.8 Å². The van der Waals surface area contributed by atoms with Gasteiger partial charge in [-0.2, -0.15) is 0 Å². The Kier molecular flexibility index (Phi) is 2.50. The molecule has 1 atom stereocenters. The second kappa shape index (κ2) is 3.65. The molecule has 14 heavy (non-hydrogen) atoms. The number of hydrogen-bond donors (Lipinski definition) is 1. The maximum absolute atomic E-state index is 10.8. The third-order valence-corrected chi connectivity index (χ3v) is 3.98. The smallest absolute Gasteiger partial charge is 0.307 e. The molecule has 1 aliphatic heterocycles. The summed E-state index contributed by atoms with van der Waals surface area (Å²) >= 11 is 1.67. The molecule has 2 rings (SSSR count). The minimum absolute atomic E-state index is 0.214. The number of carboxylic acid groups (broad SMARTS) is 1. The molecule has 1 heterocycles. The van der Waals surface area contributed by atoms with E-state index in [9.17, 15) is 4.79 Å². The average Bonchev–Trinajstić information content (AvgIpc) is 2.17. The van der Waals surface area contributed by atoms with E-state index in [1.165, 1.54) is 16.0 Å². The van der Waals surface area contributed by atoms with Gasteiger partial charge in [0.2, 0.25) is 0 Å². The van der Waals surface area contributed by atoms with Crippen molar-refractivity contribution in [1.29, 1.82) is 0 Å². The van der Waals surface area contributed by atoms with Crippen molar-refractivity contribution in [2.75, 3.05) is 5.75 Å². The Morgan fingerprint density at radius 1 is 1.57 bits per heavy atom. The molecule has 1 aliphatic rings. The molecule has 0 aromatic heterocycles. The second-order valence-electron chi connectivity index (χ2n) is 3.61. The molecule has 0 spiro atoms. The van der Waals surface area contributed by atoms with Gasteiger partial charge in [0.15, 0.2) is 0 Å². The number of hydrogen-bond acceptors (Lipinski definition) is 2. The van der Waals surface area contributed by atoms with Crippen molar-refractivity contribution in [2.24, 2.45) is 5.92 Å². The van der Waals surface area contributed by atoms with Crippen molar-refractivity contribution in [3.63, 3.8) is 0 Å². The van der Waals surface area contributed by atoms with E-state index >= 15 is 0 Å². The van der Waals surface area contributed by atoms with E-state index in [2.05, 4.69) is 13.0 Å². The quantitative estimate of drug-likeness (QED) is 0.769. The van der Waals surface area contributed by atoms with Gasteiger partial charge in [-0.05, 0) is 24.5 Å². The number of carbonyl (C=O) groups is 1. The zero-order valence-electron chi connectivity index (χ0n) is 7.99. The van der Waals surface area contributed by atoms with Gasteiger partial charge in [-0.3, -0.25) is 4.79 Å². The molecule has 0 aliphatic carbocycles. The van der Waals surface area contributed by atoms with Gasteiger partial charge in [-0.25, -0.2) is 0 Å². The SMILES string of the molecule is Cc1cccc2c1SCC(C(=O)O)C2. The third-order valence-electron chi connectivity index (χ3n) is 2.54. The summed E-state index contributed by atoms with van der Waals surface area (Å²) in [6.45, 7) is 2.08. The second-order valence-corrected chi connectivity index (χ2v) is 4.64. The molecule has 1 aromatic carbocycles. The van der Waals surface area contributed by atoms with Crippen LogP contribution in [0.2, 0.25) is 0 Å². The van der Waals surface area contributed by atoms with Crippen LogP contribution in [-0.4, -0.2) is 16.8 Å². The molecule has 0 radical (unpaired) electrons. The summed E-state index contributed by atoms with van der Waals surface area (Å²) in [5.41, 5.74) is 2.45. The van der Waals surface area contributed by atoms with E-state index in [0.717, 1.165) is 0 Å². The maximum atomic E-state index is 10.8. The van der Waals surface area contributed by atoms with Crippen LogP contribution >= 0.6 is 11.8 Å². The van der Waals surface area contributed by atoms with Crippen LogP contribution < -0.4 is 0 Å². The number of aliphatic carboxylic acids is 1. The topological polar surface area (TPSA) is 37.3 Å². The Hall–Kier alpha value is -0.960. The Labute approximate surface area is 87.3 Å². The lowest BCUT2D eigenvalue weighted by Crippen LogP contribution is -2.22. The van der Waals surface area contributed by atoms with Crippen LogP contribution in [0.1, 0.15) is 11.1 Å². The average molecular weight is 208 g/mol. The lowest BCUT2D eigenvalue weighted by atomic mass is 9.99. The number of fused-ring (bicyclic) bond motifs is 1. The Morgan fingerprint density at radius 2 is 2.36 bits per heavy atom. The first-order chi connectivity index (χ1) is 6.68. The molecule has 2 nitrogen and oxygen atoms in total. The molecule has 0 bridgehead atoms. The fraction of sp³-hybridized carbons (Fsp3) is 0.364. The number of rotatable bonds is 1. The molecular weight excluding hydrogens is 196 g/mol. The summed E-state index contributed by atoms with van der Waals surface area (Å²) < 4.78 is 0. The molecule has 74 valence electrons. The highest BCUT2D eigenvalue weighted by Gasteiger charge is 2.25. The van der Waals surface area contributed by atoms with Crippen molar-refractivity contribution in [2.45, 2.75) is 18.2 Å². The standard InChI is InChI=1S/C11H12O2S/c1-7-3-2-4-8-5-9(11(12)13)6-14-10(7)8/h2-4,9H,5-6H2,1H3,(H,12,13). The van der Waals surface area contributed by atoms with Gasteiger partial charge in [0.1, 0.15) is 0 Å². The van der Waals surface area contributed by atoms with Gasteiger partial charge >= 0.3 is 5.97 Å². The van der Waals surface area contributed by atoms with E-state index in [-0.39, 0.29) is 5.92 Å². The van der Waals surface area contributed by atoms with Crippen LogP contribution in [0, 0.1) is 12.8 Å². The predicted molar refractivity (Wildman–Crippen MR) is 56.7 cm³/mol. The monoisotopic (exact) mass is 208 g/mol. The Balaban J connectivity index is 2.31. The third kappa shape index (κ3) is 1.64. The predicted octanol–water partition coefficient (Wildman–Crippen LogP) is 2.34. The highest BCUT2D eigenvalue weighted by molar-refractivity contribution is 7.99. The minimum atomic E-state index is -0.676. The van der Waals surface area contributed by atoms with Crippen molar-refractivity contribution in [1.82, 2.24) is 0 Å². The molecule has 0 saturated heterocycles. The molecule has 0 amide bonds. The summed E-state index contributed by atoms with van der Waals surface area (Å²) in [6, 6.07) is 6.11. The van der Waals surface area contributed by atoms with Crippen LogP contribution in [0.5, 0.6) is 0 Å². The van der Waals surface area contributed by atoms with E-state index in [1.807, 2.05) is 12.1 Å². The van der Waals surface area contributed by atoms with E-state index < -0.39 is 5.97 Å². The van der Waals surface area contributed by atoms with Crippen molar-refractivity contribution >= 4 is 17.7 Å². The number of thioether (sulfide) groups is 1. The largest absolute Gasteiger partial charge is 0.481 e. The van der Waals surface area contributed by atoms with Crippen molar-refractivity contribution < 1.29 is 9.90 Å². The fourth-order valence-corrected chi connectivity index (χ4v) is 3.01. The van der Waals surface area contributed by atoms with Gasteiger partial charge in [0.05, 0.1) is 5.92 Å². The summed E-state index contributed by atoms with van der Waals surface area (Å²) in [5.74, 6) is -0.188.